The maximum atomic E-state index is 13.9. The summed E-state index contributed by atoms with van der Waals surface area (Å²) in [5.41, 5.74) is 3.75. The number of hydrogen-bond donors (Lipinski definition) is 1. The molecule has 0 radical (unpaired) electrons. The average Bonchev–Trinajstić information content (AvgIpc) is 3.14. The van der Waals surface area contributed by atoms with Crippen LogP contribution in [0.25, 0.3) is 11.3 Å². The van der Waals surface area contributed by atoms with Crippen molar-refractivity contribution in [3.63, 3.8) is 0 Å². The van der Waals surface area contributed by atoms with Crippen molar-refractivity contribution in [1.82, 2.24) is 19.9 Å². The van der Waals surface area contributed by atoms with Gasteiger partial charge in [-0.05, 0) is 25.1 Å². The van der Waals surface area contributed by atoms with Gasteiger partial charge < -0.3 is 24.5 Å². The Bertz CT molecular complexity index is 1220. The Hall–Kier alpha value is -3.04. The number of carbonyl (C=O) groups excluding carboxylic acids is 1. The number of nitrogens with zero attached hydrogens (tertiary/aromatic N) is 6. The molecule has 1 amide bonds. The number of aromatic nitrogens is 4. The topological polar surface area (TPSA) is 129 Å². The van der Waals surface area contributed by atoms with Gasteiger partial charge in [0.1, 0.15) is 18.0 Å². The quantitative estimate of drug-likeness (QED) is 0.508. The number of nitrogen functional groups attached to an aromatic ring is 1. The van der Waals surface area contributed by atoms with Gasteiger partial charge in [-0.3, -0.25) is 4.90 Å². The minimum Gasteiger partial charge on any atom is -0.444 e. The van der Waals surface area contributed by atoms with E-state index in [1.165, 1.54) is 11.0 Å². The number of rotatable bonds is 6. The summed E-state index contributed by atoms with van der Waals surface area (Å²) in [6, 6.07) is 0.754. The predicted octanol–water partition coefficient (Wildman–Crippen LogP) is 4.11. The zero-order chi connectivity index (χ0) is 28.8. The Kier molecular flexibility index (Phi) is 7.80. The van der Waals surface area contributed by atoms with Gasteiger partial charge in [0, 0.05) is 30.9 Å². The van der Waals surface area contributed by atoms with Crippen molar-refractivity contribution >= 4 is 32.1 Å². The molecule has 2 N–H and O–H groups in total. The summed E-state index contributed by atoms with van der Waals surface area (Å²) in [5, 5.41) is -0.0702. The molecule has 214 valence electrons. The second-order valence-electron chi connectivity index (χ2n) is 11.1. The molecule has 0 aliphatic carbocycles. The first-order valence-corrected chi connectivity index (χ1v) is 15.5. The number of anilines is 3. The highest BCUT2D eigenvalue weighted by Gasteiger charge is 2.45. The van der Waals surface area contributed by atoms with Crippen LogP contribution in [0.1, 0.15) is 33.4 Å². The normalized spacial score (nSPS) is 20.9. The standard InChI is InChI=1S/C24H34F3N7O4Si/c1-14-17(13-37-39(5,6)23(2,3)4)34(22(35)38-14)18-11-16(30-21(31-18)33-7-9-36-10-8-33)15-12-29-20(28)32-19(15)24(25,26)27/h11-12,14,17H,7-10,13H2,1-6H3,(H2,28,29,32)/t14-,17+/m1/s1. The van der Waals surface area contributed by atoms with Crippen LogP contribution < -0.4 is 15.5 Å². The fraction of sp³-hybridized carbons (Fsp3) is 0.625. The Morgan fingerprint density at radius 1 is 1.15 bits per heavy atom. The number of nitrogens with two attached hydrogens (primary N) is 1. The molecule has 2 aliphatic heterocycles. The van der Waals surface area contributed by atoms with E-state index >= 15 is 0 Å². The number of carbonyl (C=O) groups is 1. The molecule has 2 saturated heterocycles. The lowest BCUT2D eigenvalue weighted by Crippen LogP contribution is -2.47. The van der Waals surface area contributed by atoms with Crippen LogP contribution in [-0.2, 0) is 20.1 Å². The first-order valence-electron chi connectivity index (χ1n) is 12.6. The van der Waals surface area contributed by atoms with Gasteiger partial charge in [0.15, 0.2) is 14.0 Å². The summed E-state index contributed by atoms with van der Waals surface area (Å²) < 4.78 is 59.2. The first-order chi connectivity index (χ1) is 18.1. The molecule has 0 unspecified atom stereocenters. The summed E-state index contributed by atoms with van der Waals surface area (Å²) in [6.45, 7) is 14.1. The van der Waals surface area contributed by atoms with E-state index in [0.29, 0.717) is 26.3 Å². The van der Waals surface area contributed by atoms with E-state index in [-0.39, 0.29) is 34.7 Å². The van der Waals surface area contributed by atoms with Crippen molar-refractivity contribution in [3.05, 3.63) is 18.0 Å². The van der Waals surface area contributed by atoms with Gasteiger partial charge >= 0.3 is 12.3 Å². The smallest absolute Gasteiger partial charge is 0.434 e. The number of hydrogen-bond acceptors (Lipinski definition) is 10. The summed E-state index contributed by atoms with van der Waals surface area (Å²) in [6.07, 6.45) is -5.06. The van der Waals surface area contributed by atoms with Crippen LogP contribution in [0.3, 0.4) is 0 Å². The number of morpholine rings is 1. The lowest BCUT2D eigenvalue weighted by molar-refractivity contribution is -0.140. The third-order valence-electron chi connectivity index (χ3n) is 7.37. The lowest BCUT2D eigenvalue weighted by Gasteiger charge is -2.37. The van der Waals surface area contributed by atoms with E-state index in [2.05, 4.69) is 53.8 Å². The lowest BCUT2D eigenvalue weighted by atomic mass is 10.1. The average molecular weight is 570 g/mol. The number of amides is 1. The number of alkyl halides is 3. The molecule has 39 heavy (non-hydrogen) atoms. The molecule has 0 bridgehead atoms. The molecule has 15 heteroatoms. The molecule has 0 spiro atoms. The Balaban J connectivity index is 1.81. The highest BCUT2D eigenvalue weighted by molar-refractivity contribution is 6.74. The van der Waals surface area contributed by atoms with Crippen LogP contribution in [0.4, 0.5) is 35.7 Å². The second-order valence-corrected chi connectivity index (χ2v) is 15.9. The van der Waals surface area contributed by atoms with Crippen LogP contribution in [0.15, 0.2) is 12.3 Å². The molecule has 2 aromatic heterocycles. The second kappa shape index (κ2) is 10.5. The summed E-state index contributed by atoms with van der Waals surface area (Å²) in [5.74, 6) is -0.287. The van der Waals surface area contributed by atoms with Crippen LogP contribution in [0.5, 0.6) is 0 Å². The molecule has 2 aromatic rings. The van der Waals surface area contributed by atoms with Gasteiger partial charge in [-0.1, -0.05) is 20.8 Å². The summed E-state index contributed by atoms with van der Waals surface area (Å²) >= 11 is 0. The van der Waals surface area contributed by atoms with Gasteiger partial charge in [-0.2, -0.15) is 18.2 Å². The monoisotopic (exact) mass is 569 g/mol. The zero-order valence-electron chi connectivity index (χ0n) is 22.9. The number of ether oxygens (including phenoxy) is 2. The third-order valence-corrected chi connectivity index (χ3v) is 11.9. The van der Waals surface area contributed by atoms with Crippen molar-refractivity contribution in [1.29, 1.82) is 0 Å². The SMILES string of the molecule is C[C@H]1OC(=O)N(c2cc(-c3cnc(N)nc3C(F)(F)F)nc(N3CCOCC3)n2)[C@H]1CO[Si](C)(C)C(C)(C)C. The van der Waals surface area contributed by atoms with Gasteiger partial charge in [0.2, 0.25) is 11.9 Å². The molecule has 0 aromatic carbocycles. The molecule has 2 atom stereocenters. The van der Waals surface area contributed by atoms with Gasteiger partial charge in [0.05, 0.1) is 25.5 Å². The minimum absolute atomic E-state index is 0.0702. The van der Waals surface area contributed by atoms with Gasteiger partial charge in [-0.15, -0.1) is 0 Å². The summed E-state index contributed by atoms with van der Waals surface area (Å²) in [4.78, 5) is 32.4. The van der Waals surface area contributed by atoms with E-state index in [1.807, 2.05) is 0 Å². The fourth-order valence-corrected chi connectivity index (χ4v) is 5.03. The highest BCUT2D eigenvalue weighted by Crippen LogP contribution is 2.39. The van der Waals surface area contributed by atoms with Crippen LogP contribution in [0, 0.1) is 0 Å². The van der Waals surface area contributed by atoms with Crippen LogP contribution >= 0.6 is 0 Å². The zero-order valence-corrected chi connectivity index (χ0v) is 23.9. The van der Waals surface area contributed by atoms with E-state index in [1.54, 1.807) is 11.8 Å². The molecule has 11 nitrogen and oxygen atoms in total. The molecule has 2 fully saturated rings. The van der Waals surface area contributed by atoms with Crippen molar-refractivity contribution in [3.8, 4) is 11.3 Å². The molecule has 4 rings (SSSR count). The summed E-state index contributed by atoms with van der Waals surface area (Å²) in [7, 11) is -2.19. The largest absolute Gasteiger partial charge is 0.444 e. The molecule has 2 aliphatic rings. The van der Waals surface area contributed by atoms with Crippen molar-refractivity contribution < 1.29 is 31.9 Å². The van der Waals surface area contributed by atoms with E-state index in [4.69, 9.17) is 19.6 Å². The van der Waals surface area contributed by atoms with Crippen molar-refractivity contribution in [2.75, 3.05) is 48.4 Å². The number of cyclic esters (lactones) is 1. The third kappa shape index (κ3) is 6.09. The highest BCUT2D eigenvalue weighted by atomic mass is 28.4. The van der Waals surface area contributed by atoms with Gasteiger partial charge in [-0.25, -0.2) is 19.7 Å². The Morgan fingerprint density at radius 2 is 1.82 bits per heavy atom. The van der Waals surface area contributed by atoms with Gasteiger partial charge in [0.25, 0.3) is 0 Å². The molecular weight excluding hydrogens is 535 g/mol. The van der Waals surface area contributed by atoms with Crippen LogP contribution in [-0.4, -0.2) is 79.4 Å². The van der Waals surface area contributed by atoms with E-state index < -0.39 is 44.4 Å². The minimum atomic E-state index is -4.82. The Morgan fingerprint density at radius 3 is 2.44 bits per heavy atom. The van der Waals surface area contributed by atoms with Crippen LogP contribution in [0.2, 0.25) is 18.1 Å². The van der Waals surface area contributed by atoms with Crippen molar-refractivity contribution in [2.45, 2.75) is 64.1 Å². The predicted molar refractivity (Wildman–Crippen MR) is 141 cm³/mol. The fourth-order valence-electron chi connectivity index (χ4n) is 4.01. The van der Waals surface area contributed by atoms with E-state index in [9.17, 15) is 18.0 Å². The van der Waals surface area contributed by atoms with Crippen molar-refractivity contribution in [2.24, 2.45) is 0 Å². The van der Waals surface area contributed by atoms with E-state index in [0.717, 1.165) is 6.20 Å². The number of halogens is 3. The first kappa shape index (κ1) is 29.0. The molecule has 4 heterocycles. The maximum absolute atomic E-state index is 13.9. The maximum Gasteiger partial charge on any atom is 0.434 e. The Labute approximate surface area is 226 Å². The molecular formula is C24H34F3N7O4Si. The molecule has 0 saturated carbocycles.